The molecule has 0 aliphatic heterocycles. The van der Waals surface area contributed by atoms with Crippen molar-refractivity contribution in [2.45, 2.75) is 0 Å². The van der Waals surface area contributed by atoms with E-state index in [1.165, 1.54) is 39.5 Å². The molecule has 1 aromatic heterocycles. The lowest BCUT2D eigenvalue weighted by molar-refractivity contribution is 0.0594. The Morgan fingerprint density at radius 1 is 1.11 bits per heavy atom. The number of ether oxygens (including phenoxy) is 3. The van der Waals surface area contributed by atoms with Crippen LogP contribution in [-0.2, 0) is 4.74 Å². The molecule has 0 fully saturated rings. The van der Waals surface area contributed by atoms with Gasteiger partial charge in [0.15, 0.2) is 17.3 Å². The molecule has 0 saturated carbocycles. The van der Waals surface area contributed by atoms with Crippen LogP contribution in [0.25, 0.3) is 10.9 Å². The molecule has 0 radical (unpaired) electrons. The third kappa shape index (κ3) is 2.29. The topological polar surface area (TPSA) is 57.7 Å². The van der Waals surface area contributed by atoms with Crippen molar-refractivity contribution in [2.24, 2.45) is 0 Å². The van der Waals surface area contributed by atoms with Crippen molar-refractivity contribution in [1.82, 2.24) is 4.98 Å². The highest BCUT2D eigenvalue weighted by atomic mass is 19.1. The Balaban J connectivity index is 2.73. The van der Waals surface area contributed by atoms with Gasteiger partial charge in [-0.2, -0.15) is 0 Å². The van der Waals surface area contributed by atoms with E-state index in [1.54, 1.807) is 0 Å². The van der Waals surface area contributed by atoms with E-state index in [0.717, 1.165) is 0 Å². The van der Waals surface area contributed by atoms with Crippen LogP contribution in [0.1, 0.15) is 10.5 Å². The Bertz CT molecular complexity index is 642. The molecule has 100 valence electrons. The molecule has 0 N–H and O–H groups in total. The second-order valence-electron chi connectivity index (χ2n) is 3.71. The van der Waals surface area contributed by atoms with Gasteiger partial charge in [0, 0.05) is 17.5 Å². The quantitative estimate of drug-likeness (QED) is 0.796. The monoisotopic (exact) mass is 265 g/mol. The zero-order valence-electron chi connectivity index (χ0n) is 10.7. The summed E-state index contributed by atoms with van der Waals surface area (Å²) in [5.74, 6) is -0.704. The molecule has 19 heavy (non-hydrogen) atoms. The minimum Gasteiger partial charge on any atom is -0.496 e. The zero-order valence-corrected chi connectivity index (χ0v) is 10.7. The van der Waals surface area contributed by atoms with Crippen LogP contribution in [0.2, 0.25) is 0 Å². The van der Waals surface area contributed by atoms with E-state index in [2.05, 4.69) is 9.72 Å². The molecule has 6 heteroatoms. The lowest BCUT2D eigenvalue weighted by Gasteiger charge is -2.09. The maximum Gasteiger partial charge on any atom is 0.356 e. The average molecular weight is 265 g/mol. The van der Waals surface area contributed by atoms with Gasteiger partial charge in [-0.15, -0.1) is 0 Å². The second kappa shape index (κ2) is 5.09. The molecule has 0 aliphatic carbocycles. The Morgan fingerprint density at radius 2 is 1.79 bits per heavy atom. The Morgan fingerprint density at radius 3 is 2.37 bits per heavy atom. The van der Waals surface area contributed by atoms with E-state index in [4.69, 9.17) is 9.47 Å². The molecule has 2 rings (SSSR count). The van der Waals surface area contributed by atoms with Gasteiger partial charge in [-0.05, 0) is 6.07 Å². The Kier molecular flexibility index (Phi) is 3.50. The van der Waals surface area contributed by atoms with Crippen LogP contribution < -0.4 is 9.47 Å². The van der Waals surface area contributed by atoms with E-state index in [9.17, 15) is 9.18 Å². The van der Waals surface area contributed by atoms with Crippen molar-refractivity contribution >= 4 is 16.9 Å². The number of esters is 1. The van der Waals surface area contributed by atoms with Crippen LogP contribution in [0.3, 0.4) is 0 Å². The minimum atomic E-state index is -0.614. The van der Waals surface area contributed by atoms with Crippen molar-refractivity contribution in [3.8, 4) is 11.5 Å². The number of rotatable bonds is 3. The number of carbonyl (C=O) groups excluding carboxylic acids is 1. The average Bonchev–Trinajstić information content (AvgIpc) is 2.44. The summed E-state index contributed by atoms with van der Waals surface area (Å²) >= 11 is 0. The number of halogens is 1. The Labute approximate surface area is 108 Å². The van der Waals surface area contributed by atoms with Gasteiger partial charge in [0.25, 0.3) is 0 Å². The Hall–Kier alpha value is -2.37. The highest BCUT2D eigenvalue weighted by Gasteiger charge is 2.15. The van der Waals surface area contributed by atoms with Crippen molar-refractivity contribution in [2.75, 3.05) is 21.3 Å². The lowest BCUT2D eigenvalue weighted by Crippen LogP contribution is -2.05. The molecule has 0 atom stereocenters. The normalized spacial score (nSPS) is 10.3. The summed E-state index contributed by atoms with van der Waals surface area (Å²) in [6, 6.07) is 4.09. The molecule has 0 aliphatic rings. The molecule has 1 heterocycles. The van der Waals surface area contributed by atoms with Gasteiger partial charge in [0.05, 0.1) is 26.8 Å². The molecular formula is C13H12FNO4. The first-order valence-corrected chi connectivity index (χ1v) is 5.41. The first-order valence-electron chi connectivity index (χ1n) is 5.41. The van der Waals surface area contributed by atoms with Crippen LogP contribution in [0.4, 0.5) is 4.39 Å². The zero-order chi connectivity index (χ0) is 14.0. The SMILES string of the molecule is COC(=O)c1cc(OC)c2cc(OC)c(F)cc2n1. The van der Waals surface area contributed by atoms with Gasteiger partial charge in [-0.3, -0.25) is 0 Å². The number of fused-ring (bicyclic) bond motifs is 1. The number of aromatic nitrogens is 1. The van der Waals surface area contributed by atoms with Crippen LogP contribution in [0, 0.1) is 5.82 Å². The fraction of sp³-hybridized carbons (Fsp3) is 0.231. The van der Waals surface area contributed by atoms with Crippen LogP contribution in [0.5, 0.6) is 11.5 Å². The summed E-state index contributed by atoms with van der Waals surface area (Å²) in [5, 5.41) is 0.549. The number of methoxy groups -OCH3 is 3. The predicted molar refractivity (Wildman–Crippen MR) is 66.1 cm³/mol. The third-order valence-electron chi connectivity index (χ3n) is 2.66. The van der Waals surface area contributed by atoms with E-state index in [1.807, 2.05) is 0 Å². The number of benzene rings is 1. The number of pyridine rings is 1. The molecule has 0 saturated heterocycles. The number of hydrogen-bond donors (Lipinski definition) is 0. The molecule has 2 aromatic rings. The summed E-state index contributed by atoms with van der Waals surface area (Å²) in [6.07, 6.45) is 0. The molecule has 0 spiro atoms. The van der Waals surface area contributed by atoms with Gasteiger partial charge in [-0.25, -0.2) is 14.2 Å². The van der Waals surface area contributed by atoms with Crippen molar-refractivity contribution < 1.29 is 23.4 Å². The highest BCUT2D eigenvalue weighted by Crippen LogP contribution is 2.31. The van der Waals surface area contributed by atoms with Gasteiger partial charge >= 0.3 is 5.97 Å². The standard InChI is InChI=1S/C13H12FNO4/c1-17-11-6-10(13(16)19-3)15-9-5-8(14)12(18-2)4-7(9)11/h4-6H,1-3H3. The summed E-state index contributed by atoms with van der Waals surface area (Å²) < 4.78 is 28.3. The molecule has 0 unspecified atom stereocenters. The number of nitrogens with zero attached hydrogens (tertiary/aromatic N) is 1. The molecule has 0 amide bonds. The number of hydrogen-bond acceptors (Lipinski definition) is 5. The largest absolute Gasteiger partial charge is 0.496 e. The summed E-state index contributed by atoms with van der Waals surface area (Å²) in [4.78, 5) is 15.5. The van der Waals surface area contributed by atoms with Gasteiger partial charge < -0.3 is 14.2 Å². The van der Waals surface area contributed by atoms with E-state index in [-0.39, 0.29) is 17.0 Å². The van der Waals surface area contributed by atoms with E-state index in [0.29, 0.717) is 11.1 Å². The minimum absolute atomic E-state index is 0.0522. The molecular weight excluding hydrogens is 253 g/mol. The fourth-order valence-electron chi connectivity index (χ4n) is 1.73. The maximum absolute atomic E-state index is 13.6. The second-order valence-corrected chi connectivity index (χ2v) is 3.71. The predicted octanol–water partition coefficient (Wildman–Crippen LogP) is 2.18. The lowest BCUT2D eigenvalue weighted by atomic mass is 10.1. The van der Waals surface area contributed by atoms with Crippen molar-refractivity contribution in [3.05, 3.63) is 29.7 Å². The maximum atomic E-state index is 13.6. The van der Waals surface area contributed by atoms with Gasteiger partial charge in [0.2, 0.25) is 0 Å². The van der Waals surface area contributed by atoms with E-state index < -0.39 is 11.8 Å². The summed E-state index contributed by atoms with van der Waals surface area (Å²) in [6.45, 7) is 0. The molecule has 5 nitrogen and oxygen atoms in total. The van der Waals surface area contributed by atoms with Crippen molar-refractivity contribution in [1.29, 1.82) is 0 Å². The van der Waals surface area contributed by atoms with E-state index >= 15 is 0 Å². The molecule has 0 bridgehead atoms. The van der Waals surface area contributed by atoms with Gasteiger partial charge in [0.1, 0.15) is 5.75 Å². The summed E-state index contributed by atoms with van der Waals surface area (Å²) in [7, 11) is 4.06. The first-order chi connectivity index (χ1) is 9.10. The molecule has 1 aromatic carbocycles. The highest BCUT2D eigenvalue weighted by molar-refractivity contribution is 5.94. The van der Waals surface area contributed by atoms with Crippen molar-refractivity contribution in [3.63, 3.8) is 0 Å². The third-order valence-corrected chi connectivity index (χ3v) is 2.66. The first kappa shape index (κ1) is 13.1. The summed E-state index contributed by atoms with van der Waals surface area (Å²) in [5.41, 5.74) is 0.342. The fourth-order valence-corrected chi connectivity index (χ4v) is 1.73. The van der Waals surface area contributed by atoms with Crippen LogP contribution >= 0.6 is 0 Å². The van der Waals surface area contributed by atoms with Crippen LogP contribution in [-0.4, -0.2) is 32.3 Å². The smallest absolute Gasteiger partial charge is 0.356 e. The van der Waals surface area contributed by atoms with Gasteiger partial charge in [-0.1, -0.05) is 0 Å². The number of carbonyl (C=O) groups is 1. The van der Waals surface area contributed by atoms with Crippen LogP contribution in [0.15, 0.2) is 18.2 Å².